The number of hydrogen-bond donors (Lipinski definition) is 0. The maximum absolute atomic E-state index is 13.2. The van der Waals surface area contributed by atoms with Crippen LogP contribution in [0.15, 0.2) is 91.0 Å². The lowest BCUT2D eigenvalue weighted by molar-refractivity contribution is -0.317. The number of benzene rings is 3. The number of hydrogen-bond acceptors (Lipinski definition) is 7. The van der Waals surface area contributed by atoms with Crippen LogP contribution in [0, 0.1) is 5.92 Å². The lowest BCUT2D eigenvalue weighted by Crippen LogP contribution is -2.62. The standard InChI is InChI=1S/C34H42O7/c1-4-25(2)20-30(35)41-32-31(38-22-27-16-10-6-11-17-27)29(24-37-21-26-14-8-5-9-15-26)40-34(36-3)33(32)39-23-28-18-12-7-13-19-28/h5-19,25,29,31-34H,4,20-24H2,1-3H3/t25-,29-,31-,32+,33+,34+/m1/s1. The maximum Gasteiger partial charge on any atom is 0.306 e. The van der Waals surface area contributed by atoms with Crippen molar-refractivity contribution in [3.63, 3.8) is 0 Å². The second-order valence-corrected chi connectivity index (χ2v) is 10.5. The van der Waals surface area contributed by atoms with Gasteiger partial charge in [-0.3, -0.25) is 4.79 Å². The quantitative estimate of drug-likeness (QED) is 0.208. The molecule has 1 fully saturated rings. The number of carbonyl (C=O) groups is 1. The minimum absolute atomic E-state index is 0.193. The van der Waals surface area contributed by atoms with E-state index >= 15 is 0 Å². The fraction of sp³-hybridized carbons (Fsp3) is 0.441. The third-order valence-electron chi connectivity index (χ3n) is 7.27. The Balaban J connectivity index is 1.58. The van der Waals surface area contributed by atoms with Crippen LogP contribution in [0.2, 0.25) is 0 Å². The van der Waals surface area contributed by atoms with Gasteiger partial charge in [-0.2, -0.15) is 0 Å². The Kier molecular flexibility index (Phi) is 12.3. The molecule has 0 radical (unpaired) electrons. The Labute approximate surface area is 243 Å². The SMILES string of the molecule is CC[C@@H](C)CC(=O)O[C@@H]1[C@H](OCc2ccccc2)[C@@H](OC)O[C@H](COCc2ccccc2)[C@H]1OCc1ccccc1. The highest BCUT2D eigenvalue weighted by Gasteiger charge is 2.50. The summed E-state index contributed by atoms with van der Waals surface area (Å²) >= 11 is 0. The summed E-state index contributed by atoms with van der Waals surface area (Å²) < 4.78 is 37.3. The lowest BCUT2D eigenvalue weighted by Gasteiger charge is -2.45. The molecule has 0 spiro atoms. The van der Waals surface area contributed by atoms with Gasteiger partial charge in [0.15, 0.2) is 12.4 Å². The van der Waals surface area contributed by atoms with E-state index in [4.69, 9.17) is 28.4 Å². The highest BCUT2D eigenvalue weighted by molar-refractivity contribution is 5.70. The van der Waals surface area contributed by atoms with Crippen molar-refractivity contribution in [3.8, 4) is 0 Å². The minimum Gasteiger partial charge on any atom is -0.456 e. The van der Waals surface area contributed by atoms with E-state index in [1.54, 1.807) is 7.11 Å². The van der Waals surface area contributed by atoms with E-state index in [9.17, 15) is 4.79 Å². The highest BCUT2D eigenvalue weighted by Crippen LogP contribution is 2.31. The predicted octanol–water partition coefficient (Wildman–Crippen LogP) is 6.09. The average molecular weight is 563 g/mol. The zero-order chi connectivity index (χ0) is 28.9. The molecule has 0 aliphatic carbocycles. The van der Waals surface area contributed by atoms with Gasteiger partial charge >= 0.3 is 5.97 Å². The molecule has 7 nitrogen and oxygen atoms in total. The minimum atomic E-state index is -0.790. The Morgan fingerprint density at radius 3 is 1.78 bits per heavy atom. The first kappa shape index (κ1) is 30.9. The Morgan fingerprint density at radius 2 is 1.27 bits per heavy atom. The van der Waals surface area contributed by atoms with Crippen LogP contribution < -0.4 is 0 Å². The third-order valence-corrected chi connectivity index (χ3v) is 7.27. The average Bonchev–Trinajstić information content (AvgIpc) is 3.01. The Hall–Kier alpha value is -3.07. The van der Waals surface area contributed by atoms with E-state index in [0.29, 0.717) is 26.2 Å². The van der Waals surface area contributed by atoms with Crippen molar-refractivity contribution in [2.75, 3.05) is 13.7 Å². The summed E-state index contributed by atoms with van der Waals surface area (Å²) in [6, 6.07) is 29.7. The summed E-state index contributed by atoms with van der Waals surface area (Å²) in [6.45, 7) is 5.34. The molecule has 3 aromatic rings. The molecule has 1 heterocycles. The molecule has 41 heavy (non-hydrogen) atoms. The second-order valence-electron chi connectivity index (χ2n) is 10.5. The molecule has 0 N–H and O–H groups in total. The number of ether oxygens (including phenoxy) is 6. The zero-order valence-corrected chi connectivity index (χ0v) is 24.2. The van der Waals surface area contributed by atoms with Gasteiger partial charge in [-0.1, -0.05) is 111 Å². The molecule has 7 heteroatoms. The molecule has 6 atom stereocenters. The summed E-state index contributed by atoms with van der Waals surface area (Å²) in [5.74, 6) is -0.107. The topological polar surface area (TPSA) is 72.5 Å². The molecule has 3 aromatic carbocycles. The smallest absolute Gasteiger partial charge is 0.306 e. The van der Waals surface area contributed by atoms with E-state index in [1.807, 2.05) is 97.9 Å². The largest absolute Gasteiger partial charge is 0.456 e. The molecule has 1 saturated heterocycles. The fourth-order valence-corrected chi connectivity index (χ4v) is 4.74. The summed E-state index contributed by atoms with van der Waals surface area (Å²) in [5, 5.41) is 0. The number of methoxy groups -OCH3 is 1. The van der Waals surface area contributed by atoms with Crippen molar-refractivity contribution in [1.82, 2.24) is 0 Å². The first-order valence-corrected chi connectivity index (χ1v) is 14.4. The van der Waals surface area contributed by atoms with E-state index in [2.05, 4.69) is 6.92 Å². The first-order valence-electron chi connectivity index (χ1n) is 14.4. The molecule has 0 bridgehead atoms. The van der Waals surface area contributed by atoms with Crippen molar-refractivity contribution in [3.05, 3.63) is 108 Å². The summed E-state index contributed by atoms with van der Waals surface area (Å²) in [5.41, 5.74) is 3.04. The number of rotatable bonds is 15. The van der Waals surface area contributed by atoms with Gasteiger partial charge in [0.2, 0.25) is 0 Å². The fourth-order valence-electron chi connectivity index (χ4n) is 4.74. The van der Waals surface area contributed by atoms with Crippen LogP contribution in [0.25, 0.3) is 0 Å². The van der Waals surface area contributed by atoms with E-state index in [-0.39, 0.29) is 18.5 Å². The Bertz CT molecular complexity index is 1140. The molecular weight excluding hydrogens is 520 g/mol. The second kappa shape index (κ2) is 16.4. The lowest BCUT2D eigenvalue weighted by atomic mass is 9.97. The van der Waals surface area contributed by atoms with Crippen LogP contribution in [-0.4, -0.2) is 50.4 Å². The molecule has 0 amide bonds. The van der Waals surface area contributed by atoms with Gasteiger partial charge in [0.25, 0.3) is 0 Å². The van der Waals surface area contributed by atoms with Crippen molar-refractivity contribution in [1.29, 1.82) is 0 Å². The van der Waals surface area contributed by atoms with Crippen LogP contribution in [0.5, 0.6) is 0 Å². The van der Waals surface area contributed by atoms with Gasteiger partial charge in [0.1, 0.15) is 18.3 Å². The van der Waals surface area contributed by atoms with Crippen LogP contribution >= 0.6 is 0 Å². The zero-order valence-electron chi connectivity index (χ0n) is 24.2. The Morgan fingerprint density at radius 1 is 0.756 bits per heavy atom. The molecule has 4 rings (SSSR count). The molecule has 0 aromatic heterocycles. The van der Waals surface area contributed by atoms with Crippen molar-refractivity contribution >= 4 is 5.97 Å². The van der Waals surface area contributed by atoms with E-state index < -0.39 is 30.7 Å². The van der Waals surface area contributed by atoms with Crippen LogP contribution in [0.4, 0.5) is 0 Å². The molecular formula is C34H42O7. The first-order chi connectivity index (χ1) is 20.1. The molecule has 1 aliphatic heterocycles. The molecule has 220 valence electrons. The summed E-state index contributed by atoms with van der Waals surface area (Å²) in [7, 11) is 1.56. The molecule has 1 aliphatic rings. The molecule has 0 saturated carbocycles. The monoisotopic (exact) mass is 562 g/mol. The van der Waals surface area contributed by atoms with Crippen molar-refractivity contribution in [2.45, 2.75) is 77.2 Å². The highest BCUT2D eigenvalue weighted by atomic mass is 16.7. The summed E-state index contributed by atoms with van der Waals surface area (Å²) in [6.07, 6.45) is -2.32. The predicted molar refractivity (Wildman–Crippen MR) is 156 cm³/mol. The number of esters is 1. The van der Waals surface area contributed by atoms with Gasteiger partial charge in [-0.25, -0.2) is 0 Å². The third kappa shape index (κ3) is 9.48. The van der Waals surface area contributed by atoms with Crippen molar-refractivity contribution < 1.29 is 33.2 Å². The van der Waals surface area contributed by atoms with Crippen molar-refractivity contribution in [2.24, 2.45) is 5.92 Å². The normalized spacial score (nSPS) is 23.1. The van der Waals surface area contributed by atoms with Gasteiger partial charge < -0.3 is 28.4 Å². The van der Waals surface area contributed by atoms with Gasteiger partial charge in [0.05, 0.1) is 26.4 Å². The van der Waals surface area contributed by atoms with Crippen LogP contribution in [0.3, 0.4) is 0 Å². The van der Waals surface area contributed by atoms with Gasteiger partial charge in [-0.15, -0.1) is 0 Å². The van der Waals surface area contributed by atoms with Gasteiger partial charge in [0, 0.05) is 13.5 Å². The van der Waals surface area contributed by atoms with Crippen LogP contribution in [-0.2, 0) is 53.0 Å². The summed E-state index contributed by atoms with van der Waals surface area (Å²) in [4.78, 5) is 13.2. The van der Waals surface area contributed by atoms with Gasteiger partial charge in [-0.05, 0) is 22.6 Å². The molecule has 0 unspecified atom stereocenters. The van der Waals surface area contributed by atoms with E-state index in [1.165, 1.54) is 0 Å². The maximum atomic E-state index is 13.2. The number of carbonyl (C=O) groups excluding carboxylic acids is 1. The van der Waals surface area contributed by atoms with Crippen LogP contribution in [0.1, 0.15) is 43.4 Å². The van der Waals surface area contributed by atoms with E-state index in [0.717, 1.165) is 23.1 Å².